The summed E-state index contributed by atoms with van der Waals surface area (Å²) in [5, 5.41) is 2.96. The molecule has 0 aromatic heterocycles. The van der Waals surface area contributed by atoms with Gasteiger partial charge in [0.05, 0.1) is 10.7 Å². The molecule has 0 saturated carbocycles. The number of anilines is 2. The van der Waals surface area contributed by atoms with Gasteiger partial charge in [-0.2, -0.15) is 0 Å². The van der Waals surface area contributed by atoms with Crippen LogP contribution in [0.2, 0.25) is 5.02 Å². The van der Waals surface area contributed by atoms with Gasteiger partial charge in [0.25, 0.3) is 5.91 Å². The fraction of sp³-hybridized carbons (Fsp3) is 0.211. The molecule has 6 nitrogen and oxygen atoms in total. The molecule has 1 saturated heterocycles. The van der Waals surface area contributed by atoms with Gasteiger partial charge >= 0.3 is 6.03 Å². The molecule has 1 aliphatic rings. The van der Waals surface area contributed by atoms with E-state index in [4.69, 9.17) is 11.6 Å². The van der Waals surface area contributed by atoms with Gasteiger partial charge in [0, 0.05) is 5.69 Å². The molecule has 4 amide bonds. The summed E-state index contributed by atoms with van der Waals surface area (Å²) in [6.07, 6.45) is 0. The van der Waals surface area contributed by atoms with Crippen molar-refractivity contribution in [2.24, 2.45) is 0 Å². The highest BCUT2D eigenvalue weighted by molar-refractivity contribution is 6.33. The minimum absolute atomic E-state index is 0.365. The Morgan fingerprint density at radius 1 is 1.19 bits per heavy atom. The number of carbonyl (C=O) groups excluding carboxylic acids is 3. The minimum atomic E-state index is -0.793. The Hall–Kier alpha value is -2.93. The zero-order chi connectivity index (χ0) is 19.7. The van der Waals surface area contributed by atoms with Gasteiger partial charge in [0.2, 0.25) is 5.91 Å². The zero-order valence-corrected chi connectivity index (χ0v) is 15.5. The lowest BCUT2D eigenvalue weighted by Crippen LogP contribution is -2.39. The first-order chi connectivity index (χ1) is 12.8. The summed E-state index contributed by atoms with van der Waals surface area (Å²) in [6.45, 7) is 2.98. The van der Waals surface area contributed by atoms with Crippen molar-refractivity contribution in [1.29, 1.82) is 0 Å². The molecule has 1 unspecified atom stereocenters. The smallest absolute Gasteiger partial charge is 0.323 e. The molecule has 1 heterocycles. The van der Waals surface area contributed by atoms with Crippen LogP contribution in [0, 0.1) is 12.7 Å². The normalized spacial score (nSPS) is 16.8. The SMILES string of the molecule is Cc1ccc(NC(=O)CN2C(=O)C(C)N(c3ccc(F)cc3)C2=O)c(Cl)c1. The number of amides is 4. The van der Waals surface area contributed by atoms with Crippen molar-refractivity contribution < 1.29 is 18.8 Å². The largest absolute Gasteiger partial charge is 0.332 e. The van der Waals surface area contributed by atoms with Crippen molar-refractivity contribution in [3.05, 3.63) is 58.9 Å². The summed E-state index contributed by atoms with van der Waals surface area (Å²) in [5.74, 6) is -1.50. The van der Waals surface area contributed by atoms with Gasteiger partial charge in [-0.05, 0) is 55.8 Å². The van der Waals surface area contributed by atoms with E-state index in [1.807, 2.05) is 6.92 Å². The molecule has 27 heavy (non-hydrogen) atoms. The van der Waals surface area contributed by atoms with Crippen LogP contribution < -0.4 is 10.2 Å². The number of aryl methyl sites for hydroxylation is 1. The van der Waals surface area contributed by atoms with Gasteiger partial charge in [-0.15, -0.1) is 0 Å². The van der Waals surface area contributed by atoms with E-state index < -0.39 is 36.2 Å². The first-order valence-corrected chi connectivity index (χ1v) is 8.62. The van der Waals surface area contributed by atoms with Crippen LogP contribution in [0.15, 0.2) is 42.5 Å². The predicted octanol–water partition coefficient (Wildman–Crippen LogP) is 3.58. The predicted molar refractivity (Wildman–Crippen MR) is 100 cm³/mol. The van der Waals surface area contributed by atoms with Gasteiger partial charge in [-0.3, -0.25) is 19.4 Å². The van der Waals surface area contributed by atoms with Crippen LogP contribution in [0.1, 0.15) is 12.5 Å². The maximum atomic E-state index is 13.1. The van der Waals surface area contributed by atoms with E-state index in [1.54, 1.807) is 25.1 Å². The van der Waals surface area contributed by atoms with E-state index in [1.165, 1.54) is 29.2 Å². The first kappa shape index (κ1) is 18.8. The molecule has 1 fully saturated rings. The molecule has 2 aromatic carbocycles. The first-order valence-electron chi connectivity index (χ1n) is 8.24. The van der Waals surface area contributed by atoms with Crippen LogP contribution in [0.5, 0.6) is 0 Å². The number of benzene rings is 2. The lowest BCUT2D eigenvalue weighted by molar-refractivity contribution is -0.130. The lowest BCUT2D eigenvalue weighted by atomic mass is 10.2. The monoisotopic (exact) mass is 389 g/mol. The molecular formula is C19H17ClFN3O3. The van der Waals surface area contributed by atoms with E-state index in [0.717, 1.165) is 10.5 Å². The molecule has 1 N–H and O–H groups in total. The van der Waals surface area contributed by atoms with Crippen LogP contribution in [0.4, 0.5) is 20.6 Å². The molecular weight excluding hydrogens is 373 g/mol. The van der Waals surface area contributed by atoms with Crippen molar-refractivity contribution >= 4 is 40.8 Å². The summed E-state index contributed by atoms with van der Waals surface area (Å²) in [6, 6.07) is 8.93. The zero-order valence-electron chi connectivity index (χ0n) is 14.7. The number of nitrogens with one attached hydrogen (secondary N) is 1. The number of hydrogen-bond acceptors (Lipinski definition) is 3. The molecule has 0 bridgehead atoms. The summed E-state index contributed by atoms with van der Waals surface area (Å²) >= 11 is 6.09. The number of urea groups is 1. The summed E-state index contributed by atoms with van der Waals surface area (Å²) < 4.78 is 13.1. The maximum absolute atomic E-state index is 13.1. The highest BCUT2D eigenvalue weighted by atomic mass is 35.5. The second-order valence-electron chi connectivity index (χ2n) is 6.26. The van der Waals surface area contributed by atoms with E-state index in [0.29, 0.717) is 16.4 Å². The van der Waals surface area contributed by atoms with Gasteiger partial charge in [0.1, 0.15) is 18.4 Å². The number of hydrogen-bond donors (Lipinski definition) is 1. The van der Waals surface area contributed by atoms with Gasteiger partial charge < -0.3 is 5.32 Å². The molecule has 3 rings (SSSR count). The van der Waals surface area contributed by atoms with Crippen LogP contribution in [0.25, 0.3) is 0 Å². The Morgan fingerprint density at radius 3 is 2.48 bits per heavy atom. The highest BCUT2D eigenvalue weighted by Crippen LogP contribution is 2.26. The third kappa shape index (κ3) is 3.78. The number of imide groups is 1. The molecule has 0 radical (unpaired) electrons. The summed E-state index contributed by atoms with van der Waals surface area (Å²) in [4.78, 5) is 39.5. The van der Waals surface area contributed by atoms with Crippen LogP contribution in [-0.4, -0.2) is 35.3 Å². The fourth-order valence-electron chi connectivity index (χ4n) is 2.86. The highest BCUT2D eigenvalue weighted by Gasteiger charge is 2.44. The Morgan fingerprint density at radius 2 is 1.85 bits per heavy atom. The van der Waals surface area contributed by atoms with Crippen molar-refractivity contribution in [3.8, 4) is 0 Å². The van der Waals surface area contributed by atoms with E-state index in [2.05, 4.69) is 5.32 Å². The number of rotatable bonds is 4. The topological polar surface area (TPSA) is 69.7 Å². The Bertz CT molecular complexity index is 917. The number of halogens is 2. The molecule has 8 heteroatoms. The maximum Gasteiger partial charge on any atom is 0.332 e. The number of carbonyl (C=O) groups is 3. The third-order valence-corrected chi connectivity index (χ3v) is 4.57. The Kier molecular flexibility index (Phi) is 5.14. The van der Waals surface area contributed by atoms with Crippen molar-refractivity contribution in [2.75, 3.05) is 16.8 Å². The van der Waals surface area contributed by atoms with Crippen LogP contribution in [-0.2, 0) is 9.59 Å². The molecule has 0 spiro atoms. The molecule has 0 aliphatic carbocycles. The van der Waals surface area contributed by atoms with E-state index >= 15 is 0 Å². The fourth-order valence-corrected chi connectivity index (χ4v) is 3.14. The standard InChI is InChI=1S/C19H17ClFN3O3/c1-11-3-8-16(15(20)9-11)22-17(25)10-23-18(26)12(2)24(19(23)27)14-6-4-13(21)5-7-14/h3-9,12H,10H2,1-2H3,(H,22,25). The van der Waals surface area contributed by atoms with Crippen molar-refractivity contribution in [2.45, 2.75) is 19.9 Å². The quantitative estimate of drug-likeness (QED) is 0.812. The molecule has 1 atom stereocenters. The van der Waals surface area contributed by atoms with E-state index in [-0.39, 0.29) is 0 Å². The van der Waals surface area contributed by atoms with Crippen molar-refractivity contribution in [3.63, 3.8) is 0 Å². The lowest BCUT2D eigenvalue weighted by Gasteiger charge is -2.19. The van der Waals surface area contributed by atoms with Gasteiger partial charge in [-0.1, -0.05) is 17.7 Å². The molecule has 2 aromatic rings. The number of nitrogens with zero attached hydrogens (tertiary/aromatic N) is 2. The Labute approximate surface area is 160 Å². The van der Waals surface area contributed by atoms with Gasteiger partial charge in [0.15, 0.2) is 0 Å². The summed E-state index contributed by atoms with van der Waals surface area (Å²) in [7, 11) is 0. The third-order valence-electron chi connectivity index (χ3n) is 4.25. The molecule has 140 valence electrons. The second kappa shape index (κ2) is 7.36. The van der Waals surface area contributed by atoms with Crippen LogP contribution in [0.3, 0.4) is 0 Å². The van der Waals surface area contributed by atoms with Crippen LogP contribution >= 0.6 is 11.6 Å². The second-order valence-corrected chi connectivity index (χ2v) is 6.67. The average molecular weight is 390 g/mol. The van der Waals surface area contributed by atoms with Crippen molar-refractivity contribution in [1.82, 2.24) is 4.90 Å². The van der Waals surface area contributed by atoms with Gasteiger partial charge in [-0.25, -0.2) is 9.18 Å². The Balaban J connectivity index is 1.74. The molecule has 1 aliphatic heterocycles. The van der Waals surface area contributed by atoms with E-state index in [9.17, 15) is 18.8 Å². The average Bonchev–Trinajstić information content (AvgIpc) is 2.82. The minimum Gasteiger partial charge on any atom is -0.323 e. The summed E-state index contributed by atoms with van der Waals surface area (Å²) in [5.41, 5.74) is 1.72.